The summed E-state index contributed by atoms with van der Waals surface area (Å²) in [7, 11) is 3.86. The largest absolute Gasteiger partial charge is 0.489 e. The van der Waals surface area contributed by atoms with Crippen molar-refractivity contribution in [2.75, 3.05) is 32.5 Å². The molecule has 0 amide bonds. The zero-order chi connectivity index (χ0) is 13.8. The van der Waals surface area contributed by atoms with Crippen LogP contribution in [0.4, 0.5) is 5.69 Å². The zero-order valence-corrected chi connectivity index (χ0v) is 11.8. The number of ether oxygens (including phenoxy) is 1. The maximum Gasteiger partial charge on any atom is 0.275 e. The molecule has 0 fully saturated rings. The normalized spacial score (nSPS) is 15.1. The first-order chi connectivity index (χ1) is 9.06. The van der Waals surface area contributed by atoms with Gasteiger partial charge in [-0.15, -0.1) is 0 Å². The third kappa shape index (κ3) is 3.75. The Morgan fingerprint density at radius 1 is 1.42 bits per heavy atom. The maximum atomic E-state index is 9.84. The molecule has 19 heavy (non-hydrogen) atoms. The zero-order valence-electron chi connectivity index (χ0n) is 11.8. The molecule has 1 aromatic rings. The number of fused-ring (bicyclic) bond motifs is 1. The van der Waals surface area contributed by atoms with E-state index in [0.717, 1.165) is 17.0 Å². The highest BCUT2D eigenvalue weighted by Gasteiger charge is 2.16. The van der Waals surface area contributed by atoms with E-state index in [9.17, 15) is 5.11 Å². The lowest BCUT2D eigenvalue weighted by molar-refractivity contribution is 0.0834. The number of anilines is 1. The van der Waals surface area contributed by atoms with Gasteiger partial charge < -0.3 is 20.0 Å². The van der Waals surface area contributed by atoms with Gasteiger partial charge in [0.15, 0.2) is 0 Å². The number of nitrogens with zero attached hydrogens (tertiary/aromatic N) is 1. The van der Waals surface area contributed by atoms with E-state index in [1.807, 2.05) is 37.2 Å². The van der Waals surface area contributed by atoms with Gasteiger partial charge in [-0.3, -0.25) is 0 Å². The van der Waals surface area contributed by atoms with Crippen LogP contribution in [0.5, 0.6) is 5.75 Å². The summed E-state index contributed by atoms with van der Waals surface area (Å²) < 4.78 is 5.74. The summed E-state index contributed by atoms with van der Waals surface area (Å²) in [6.07, 6.45) is 1.61. The topological polar surface area (TPSA) is 44.7 Å². The first-order valence-electron chi connectivity index (χ1n) is 6.59. The summed E-state index contributed by atoms with van der Waals surface area (Å²) in [5.74, 6) is 2.92. The Morgan fingerprint density at radius 3 is 2.95 bits per heavy atom. The van der Waals surface area contributed by atoms with E-state index in [1.165, 1.54) is 0 Å². The standard InChI is InChI=1S/C14H21BN2O2/c1-15-8-7-11-5-4-6-13(14(11)16-15)19-10-12(18)9-17(2)3/h4-8,12,16,18H,9-10H2,1-3H3. The van der Waals surface area contributed by atoms with Crippen molar-refractivity contribution in [3.63, 3.8) is 0 Å². The fourth-order valence-electron chi connectivity index (χ4n) is 2.15. The van der Waals surface area contributed by atoms with Crippen LogP contribution in [-0.4, -0.2) is 50.2 Å². The van der Waals surface area contributed by atoms with Crippen LogP contribution in [0.25, 0.3) is 6.08 Å². The van der Waals surface area contributed by atoms with Crippen LogP contribution < -0.4 is 9.96 Å². The second-order valence-electron chi connectivity index (χ2n) is 5.24. The average molecular weight is 260 g/mol. The van der Waals surface area contributed by atoms with Crippen LogP contribution in [0.2, 0.25) is 6.82 Å². The van der Waals surface area contributed by atoms with Crippen molar-refractivity contribution in [3.05, 3.63) is 29.7 Å². The Balaban J connectivity index is 2.04. The minimum atomic E-state index is -0.484. The number of hydrogen-bond donors (Lipinski definition) is 2. The third-order valence-electron chi connectivity index (χ3n) is 3.00. The van der Waals surface area contributed by atoms with E-state index in [1.54, 1.807) is 0 Å². The monoisotopic (exact) mass is 260 g/mol. The number of aliphatic hydroxyl groups excluding tert-OH is 1. The van der Waals surface area contributed by atoms with Crippen LogP contribution in [0, 0.1) is 0 Å². The predicted octanol–water partition coefficient (Wildman–Crippen LogP) is 1.59. The average Bonchev–Trinajstić information content (AvgIpc) is 2.35. The smallest absolute Gasteiger partial charge is 0.275 e. The van der Waals surface area contributed by atoms with Gasteiger partial charge in [-0.2, -0.15) is 0 Å². The van der Waals surface area contributed by atoms with Gasteiger partial charge in [0.25, 0.3) is 6.85 Å². The molecule has 1 aliphatic rings. The SMILES string of the molecule is CB1C=Cc2cccc(OCC(O)CN(C)C)c2N1. The van der Waals surface area contributed by atoms with Gasteiger partial charge in [0.2, 0.25) is 0 Å². The van der Waals surface area contributed by atoms with E-state index >= 15 is 0 Å². The van der Waals surface area contributed by atoms with Crippen molar-refractivity contribution < 1.29 is 9.84 Å². The highest BCUT2D eigenvalue weighted by atomic mass is 16.5. The first-order valence-corrected chi connectivity index (χ1v) is 6.59. The van der Waals surface area contributed by atoms with Crippen molar-refractivity contribution in [1.82, 2.24) is 4.90 Å². The van der Waals surface area contributed by atoms with E-state index in [2.05, 4.69) is 24.1 Å². The number of para-hydroxylation sites is 1. The van der Waals surface area contributed by atoms with Gasteiger partial charge in [0.05, 0.1) is 5.69 Å². The fourth-order valence-corrected chi connectivity index (χ4v) is 2.15. The summed E-state index contributed by atoms with van der Waals surface area (Å²) in [5.41, 5.74) is 2.13. The summed E-state index contributed by atoms with van der Waals surface area (Å²) in [5, 5.41) is 13.2. The lowest BCUT2D eigenvalue weighted by Gasteiger charge is -2.22. The van der Waals surface area contributed by atoms with Crippen molar-refractivity contribution >= 4 is 18.6 Å². The first kappa shape index (κ1) is 14.0. The lowest BCUT2D eigenvalue weighted by atomic mass is 9.63. The molecule has 4 nitrogen and oxygen atoms in total. The van der Waals surface area contributed by atoms with E-state index in [-0.39, 0.29) is 0 Å². The van der Waals surface area contributed by atoms with Gasteiger partial charge in [0, 0.05) is 6.54 Å². The Labute approximate surface area is 115 Å². The Bertz CT molecular complexity index is 463. The van der Waals surface area contributed by atoms with Crippen molar-refractivity contribution in [3.8, 4) is 5.75 Å². The predicted molar refractivity (Wildman–Crippen MR) is 80.8 cm³/mol. The molecule has 2 rings (SSSR count). The summed E-state index contributed by atoms with van der Waals surface area (Å²) in [6, 6.07) is 5.95. The molecular weight excluding hydrogens is 239 g/mol. The molecule has 0 aliphatic carbocycles. The molecule has 1 unspecified atom stereocenters. The molecule has 1 aliphatic heterocycles. The van der Waals surface area contributed by atoms with Crippen LogP contribution in [-0.2, 0) is 0 Å². The minimum absolute atomic E-state index is 0.295. The molecule has 102 valence electrons. The van der Waals surface area contributed by atoms with Gasteiger partial charge in [-0.05, 0) is 25.7 Å². The summed E-state index contributed by atoms with van der Waals surface area (Å²) in [4.78, 5) is 1.94. The molecule has 1 atom stereocenters. The maximum absolute atomic E-state index is 9.84. The van der Waals surface area contributed by atoms with Crippen LogP contribution >= 0.6 is 0 Å². The van der Waals surface area contributed by atoms with Gasteiger partial charge in [-0.25, -0.2) is 0 Å². The van der Waals surface area contributed by atoms with Gasteiger partial charge in [-0.1, -0.05) is 31.0 Å². The van der Waals surface area contributed by atoms with Gasteiger partial charge in [0.1, 0.15) is 18.5 Å². The molecule has 0 bridgehead atoms. The van der Waals surface area contributed by atoms with E-state index < -0.39 is 6.10 Å². The molecule has 0 aromatic heterocycles. The number of benzene rings is 1. The second kappa shape index (κ2) is 6.13. The molecule has 1 heterocycles. The van der Waals surface area contributed by atoms with Crippen LogP contribution in [0.15, 0.2) is 24.2 Å². The number of rotatable bonds is 5. The minimum Gasteiger partial charge on any atom is -0.489 e. The van der Waals surface area contributed by atoms with Crippen LogP contribution in [0.1, 0.15) is 5.56 Å². The lowest BCUT2D eigenvalue weighted by Crippen LogP contribution is -2.31. The van der Waals surface area contributed by atoms with E-state index in [4.69, 9.17) is 4.74 Å². The molecule has 0 spiro atoms. The van der Waals surface area contributed by atoms with Crippen molar-refractivity contribution in [1.29, 1.82) is 0 Å². The van der Waals surface area contributed by atoms with Crippen molar-refractivity contribution in [2.45, 2.75) is 12.9 Å². The molecule has 1 aromatic carbocycles. The van der Waals surface area contributed by atoms with Crippen LogP contribution in [0.3, 0.4) is 0 Å². The highest BCUT2D eigenvalue weighted by molar-refractivity contribution is 6.67. The Kier molecular flexibility index (Phi) is 4.50. The summed E-state index contributed by atoms with van der Waals surface area (Å²) in [6.45, 7) is 3.29. The molecule has 5 heteroatoms. The number of aliphatic hydroxyl groups is 1. The van der Waals surface area contributed by atoms with Gasteiger partial charge >= 0.3 is 0 Å². The highest BCUT2D eigenvalue weighted by Crippen LogP contribution is 2.32. The molecule has 0 radical (unpaired) electrons. The fraction of sp³-hybridized carbons (Fsp3) is 0.429. The third-order valence-corrected chi connectivity index (χ3v) is 3.00. The number of hydrogen-bond acceptors (Lipinski definition) is 4. The molecule has 0 saturated heterocycles. The van der Waals surface area contributed by atoms with Crippen molar-refractivity contribution in [2.24, 2.45) is 0 Å². The molecule has 0 saturated carbocycles. The van der Waals surface area contributed by atoms with E-state index in [0.29, 0.717) is 20.0 Å². The second-order valence-corrected chi connectivity index (χ2v) is 5.24. The summed E-state index contributed by atoms with van der Waals surface area (Å²) >= 11 is 0. The number of nitrogens with one attached hydrogen (secondary N) is 1. The number of likely N-dealkylation sites (N-methyl/N-ethyl adjacent to an activating group) is 1. The Hall–Kier alpha value is -1.46. The Morgan fingerprint density at radius 2 is 2.21 bits per heavy atom. The quantitative estimate of drug-likeness (QED) is 0.789. The molecular formula is C14H21BN2O2. The molecule has 2 N–H and O–H groups in total.